The number of carboxylic acid groups (broad SMARTS) is 1. The summed E-state index contributed by atoms with van der Waals surface area (Å²) >= 11 is 0. The van der Waals surface area contributed by atoms with E-state index in [9.17, 15) is 14.7 Å². The van der Waals surface area contributed by atoms with Crippen LogP contribution in [0.5, 0.6) is 0 Å². The fraction of sp³-hybridized carbons (Fsp3) is 0.364. The molecule has 142 valence electrons. The van der Waals surface area contributed by atoms with Crippen LogP contribution in [0.25, 0.3) is 11.1 Å². The van der Waals surface area contributed by atoms with E-state index < -0.39 is 24.0 Å². The number of amides is 1. The van der Waals surface area contributed by atoms with E-state index >= 15 is 0 Å². The smallest absolute Gasteiger partial charge is 0.409 e. The summed E-state index contributed by atoms with van der Waals surface area (Å²) in [5.41, 5.74) is 4.65. The van der Waals surface area contributed by atoms with Gasteiger partial charge < -0.3 is 14.7 Å². The van der Waals surface area contributed by atoms with Crippen molar-refractivity contribution < 1.29 is 19.4 Å². The fourth-order valence-corrected chi connectivity index (χ4v) is 3.85. The van der Waals surface area contributed by atoms with Crippen molar-refractivity contribution in [1.29, 1.82) is 0 Å². The third kappa shape index (κ3) is 3.54. The van der Waals surface area contributed by atoms with Crippen molar-refractivity contribution in [2.45, 2.75) is 32.2 Å². The Morgan fingerprint density at radius 1 is 1.07 bits per heavy atom. The van der Waals surface area contributed by atoms with Gasteiger partial charge in [0.2, 0.25) is 0 Å². The lowest BCUT2D eigenvalue weighted by atomic mass is 9.97. The largest absolute Gasteiger partial charge is 0.481 e. The molecule has 5 nitrogen and oxygen atoms in total. The first-order valence-electron chi connectivity index (χ1n) is 9.26. The zero-order valence-electron chi connectivity index (χ0n) is 15.9. The van der Waals surface area contributed by atoms with Crippen LogP contribution in [0.15, 0.2) is 48.5 Å². The molecule has 0 fully saturated rings. The van der Waals surface area contributed by atoms with Crippen molar-refractivity contribution in [3.05, 3.63) is 59.7 Å². The Balaban J connectivity index is 1.73. The van der Waals surface area contributed by atoms with Crippen molar-refractivity contribution in [2.24, 2.45) is 5.92 Å². The average molecular weight is 367 g/mol. The number of aliphatic carboxylic acids is 1. The molecule has 1 N–H and O–H groups in total. The van der Waals surface area contributed by atoms with E-state index in [0.717, 1.165) is 11.1 Å². The SMILES string of the molecule is CC[C@@H](C(=O)O)[C@@H](C)N(C)C(=O)OCC1c2ccccc2-c2ccccc21. The van der Waals surface area contributed by atoms with Gasteiger partial charge in [0.15, 0.2) is 0 Å². The molecule has 1 aliphatic carbocycles. The van der Waals surface area contributed by atoms with Crippen molar-refractivity contribution >= 4 is 12.1 Å². The number of benzene rings is 2. The van der Waals surface area contributed by atoms with Gasteiger partial charge in [-0.3, -0.25) is 4.79 Å². The third-order valence-electron chi connectivity index (χ3n) is 5.57. The van der Waals surface area contributed by atoms with Gasteiger partial charge in [-0.15, -0.1) is 0 Å². The Morgan fingerprint density at radius 2 is 1.59 bits per heavy atom. The number of carboxylic acids is 1. The summed E-state index contributed by atoms with van der Waals surface area (Å²) in [6.45, 7) is 3.78. The Hall–Kier alpha value is -2.82. The first-order valence-corrected chi connectivity index (χ1v) is 9.26. The number of rotatable bonds is 6. The number of ether oxygens (including phenoxy) is 1. The Bertz CT molecular complexity index is 802. The first-order chi connectivity index (χ1) is 13.0. The zero-order chi connectivity index (χ0) is 19.6. The molecule has 1 aliphatic rings. The number of hydrogen-bond acceptors (Lipinski definition) is 3. The molecular formula is C22H25NO4. The van der Waals surface area contributed by atoms with E-state index in [2.05, 4.69) is 24.3 Å². The molecule has 0 saturated carbocycles. The third-order valence-corrected chi connectivity index (χ3v) is 5.57. The van der Waals surface area contributed by atoms with Crippen molar-refractivity contribution in [3.8, 4) is 11.1 Å². The molecule has 2 aromatic carbocycles. The van der Waals surface area contributed by atoms with E-state index in [1.807, 2.05) is 24.3 Å². The summed E-state index contributed by atoms with van der Waals surface area (Å²) in [4.78, 5) is 25.3. The minimum Gasteiger partial charge on any atom is -0.481 e. The van der Waals surface area contributed by atoms with Gasteiger partial charge in [0.1, 0.15) is 6.61 Å². The van der Waals surface area contributed by atoms with Crippen LogP contribution in [0.3, 0.4) is 0 Å². The molecule has 0 aromatic heterocycles. The van der Waals surface area contributed by atoms with E-state index in [1.54, 1.807) is 20.9 Å². The molecule has 0 aliphatic heterocycles. The first kappa shape index (κ1) is 19.0. The lowest BCUT2D eigenvalue weighted by Crippen LogP contribution is -2.43. The average Bonchev–Trinajstić information content (AvgIpc) is 2.99. The highest BCUT2D eigenvalue weighted by molar-refractivity contribution is 5.79. The predicted octanol–water partition coefficient (Wildman–Crippen LogP) is 4.37. The molecule has 0 bridgehead atoms. The summed E-state index contributed by atoms with van der Waals surface area (Å²) in [6.07, 6.45) is -0.0404. The van der Waals surface area contributed by atoms with Crippen molar-refractivity contribution in [3.63, 3.8) is 0 Å². The van der Waals surface area contributed by atoms with Crippen LogP contribution in [0, 0.1) is 5.92 Å². The Labute approximate surface area is 159 Å². The van der Waals surface area contributed by atoms with Gasteiger partial charge in [0.25, 0.3) is 0 Å². The van der Waals surface area contributed by atoms with Gasteiger partial charge in [-0.05, 0) is 35.6 Å². The maximum atomic E-state index is 12.5. The second-order valence-corrected chi connectivity index (χ2v) is 7.01. The summed E-state index contributed by atoms with van der Waals surface area (Å²) in [7, 11) is 1.59. The summed E-state index contributed by atoms with van der Waals surface area (Å²) < 4.78 is 5.59. The molecule has 3 rings (SSSR count). The summed E-state index contributed by atoms with van der Waals surface area (Å²) in [6, 6.07) is 15.9. The van der Waals surface area contributed by atoms with Crippen LogP contribution in [-0.2, 0) is 9.53 Å². The molecule has 2 aromatic rings. The lowest BCUT2D eigenvalue weighted by Gasteiger charge is -2.29. The molecule has 0 heterocycles. The number of nitrogens with zero attached hydrogens (tertiary/aromatic N) is 1. The maximum absolute atomic E-state index is 12.5. The number of fused-ring (bicyclic) bond motifs is 3. The molecule has 27 heavy (non-hydrogen) atoms. The van der Waals surface area contributed by atoms with Crippen molar-refractivity contribution in [2.75, 3.05) is 13.7 Å². The summed E-state index contributed by atoms with van der Waals surface area (Å²) in [5, 5.41) is 9.32. The number of carbonyl (C=O) groups excluding carboxylic acids is 1. The van der Waals surface area contributed by atoms with Crippen LogP contribution in [0.4, 0.5) is 4.79 Å². The quantitative estimate of drug-likeness (QED) is 0.823. The molecule has 0 unspecified atom stereocenters. The minimum absolute atomic E-state index is 0.00787. The Morgan fingerprint density at radius 3 is 2.07 bits per heavy atom. The van der Waals surface area contributed by atoms with Crippen LogP contribution >= 0.6 is 0 Å². The molecule has 0 radical (unpaired) electrons. The van der Waals surface area contributed by atoms with E-state index in [1.165, 1.54) is 16.0 Å². The van der Waals surface area contributed by atoms with Crippen LogP contribution in [0.1, 0.15) is 37.3 Å². The van der Waals surface area contributed by atoms with Gasteiger partial charge >= 0.3 is 12.1 Å². The minimum atomic E-state index is -0.900. The number of carbonyl (C=O) groups is 2. The van der Waals surface area contributed by atoms with Gasteiger partial charge in [0, 0.05) is 19.0 Å². The maximum Gasteiger partial charge on any atom is 0.409 e. The highest BCUT2D eigenvalue weighted by Crippen LogP contribution is 2.44. The van der Waals surface area contributed by atoms with E-state index in [-0.39, 0.29) is 12.5 Å². The van der Waals surface area contributed by atoms with E-state index in [4.69, 9.17) is 4.74 Å². The van der Waals surface area contributed by atoms with Gasteiger partial charge in [0.05, 0.1) is 5.92 Å². The van der Waals surface area contributed by atoms with Crippen molar-refractivity contribution in [1.82, 2.24) is 4.90 Å². The Kier molecular flexibility index (Phi) is 5.49. The predicted molar refractivity (Wildman–Crippen MR) is 104 cm³/mol. The topological polar surface area (TPSA) is 66.8 Å². The second-order valence-electron chi connectivity index (χ2n) is 7.01. The van der Waals surface area contributed by atoms with E-state index in [0.29, 0.717) is 6.42 Å². The van der Waals surface area contributed by atoms with Crippen LogP contribution in [-0.4, -0.2) is 41.8 Å². The summed E-state index contributed by atoms with van der Waals surface area (Å²) in [5.74, 6) is -1.52. The number of hydrogen-bond donors (Lipinski definition) is 1. The van der Waals surface area contributed by atoms with Gasteiger partial charge in [-0.2, -0.15) is 0 Å². The monoisotopic (exact) mass is 367 g/mol. The highest BCUT2D eigenvalue weighted by atomic mass is 16.6. The molecule has 2 atom stereocenters. The molecule has 0 spiro atoms. The van der Waals surface area contributed by atoms with Crippen LogP contribution < -0.4 is 0 Å². The van der Waals surface area contributed by atoms with Gasteiger partial charge in [-0.25, -0.2) is 4.79 Å². The fourth-order valence-electron chi connectivity index (χ4n) is 3.85. The second kappa shape index (κ2) is 7.82. The lowest BCUT2D eigenvalue weighted by molar-refractivity contribution is -0.143. The molecule has 5 heteroatoms. The normalized spacial score (nSPS) is 14.8. The zero-order valence-corrected chi connectivity index (χ0v) is 15.9. The van der Waals surface area contributed by atoms with Gasteiger partial charge in [-0.1, -0.05) is 55.5 Å². The standard InChI is InChI=1S/C22H25NO4/c1-4-15(21(24)25)14(2)23(3)22(26)27-13-20-18-11-7-5-9-16(18)17-10-6-8-12-19(17)20/h5-12,14-15,20H,4,13H2,1-3H3,(H,24,25)/t14-,15-/m1/s1. The molecular weight excluding hydrogens is 342 g/mol. The molecule has 0 saturated heterocycles. The highest BCUT2D eigenvalue weighted by Gasteiger charge is 2.32. The molecule has 1 amide bonds. The van der Waals surface area contributed by atoms with Crippen LogP contribution in [0.2, 0.25) is 0 Å².